The fraction of sp³-hybridized carbons (Fsp3) is 0.190. The van der Waals surface area contributed by atoms with Crippen molar-refractivity contribution in [3.05, 3.63) is 72.6 Å². The Balaban J connectivity index is 1.34. The molecule has 0 bridgehead atoms. The first-order chi connectivity index (χ1) is 13.8. The van der Waals surface area contributed by atoms with E-state index in [-0.39, 0.29) is 6.04 Å². The van der Waals surface area contributed by atoms with Gasteiger partial charge in [-0.3, -0.25) is 5.10 Å². The van der Waals surface area contributed by atoms with Gasteiger partial charge in [-0.2, -0.15) is 10.1 Å². The van der Waals surface area contributed by atoms with Crippen LogP contribution in [-0.2, 0) is 0 Å². The van der Waals surface area contributed by atoms with Crippen LogP contribution in [0.15, 0.2) is 67.0 Å². The number of hydrogen-bond acceptors (Lipinski definition) is 6. The topological polar surface area (TPSA) is 81.8 Å². The molecular formula is C21H21N7. The summed E-state index contributed by atoms with van der Waals surface area (Å²) in [6, 6.07) is 18.8. The Morgan fingerprint density at radius 3 is 2.93 bits per heavy atom. The van der Waals surface area contributed by atoms with Crippen molar-refractivity contribution in [3.63, 3.8) is 0 Å². The SMILES string of the molecule is c1ccc(C2CN(c3nccc(Nc4ccc5[nH]ncc5c4)n3)CCN2)cc1. The number of H-pyrrole nitrogens is 1. The molecule has 4 aromatic rings. The number of aromatic nitrogens is 4. The molecule has 7 heteroatoms. The molecular weight excluding hydrogens is 350 g/mol. The highest BCUT2D eigenvalue weighted by Gasteiger charge is 2.22. The molecule has 2 aromatic heterocycles. The second-order valence-corrected chi connectivity index (χ2v) is 6.90. The predicted molar refractivity (Wildman–Crippen MR) is 111 cm³/mol. The van der Waals surface area contributed by atoms with Crippen LogP contribution in [0.25, 0.3) is 10.9 Å². The van der Waals surface area contributed by atoms with Crippen LogP contribution in [0.5, 0.6) is 0 Å². The van der Waals surface area contributed by atoms with Gasteiger partial charge in [0.25, 0.3) is 0 Å². The molecule has 0 saturated carbocycles. The summed E-state index contributed by atoms with van der Waals surface area (Å²) in [7, 11) is 0. The van der Waals surface area contributed by atoms with E-state index >= 15 is 0 Å². The van der Waals surface area contributed by atoms with Crippen LogP contribution in [0.3, 0.4) is 0 Å². The van der Waals surface area contributed by atoms with Gasteiger partial charge in [-0.1, -0.05) is 30.3 Å². The van der Waals surface area contributed by atoms with Crippen molar-refractivity contribution in [3.8, 4) is 0 Å². The van der Waals surface area contributed by atoms with E-state index in [2.05, 4.69) is 61.0 Å². The van der Waals surface area contributed by atoms with Gasteiger partial charge < -0.3 is 15.5 Å². The maximum Gasteiger partial charge on any atom is 0.227 e. The minimum atomic E-state index is 0.277. The largest absolute Gasteiger partial charge is 0.340 e. The number of fused-ring (bicyclic) bond motifs is 1. The van der Waals surface area contributed by atoms with Crippen molar-refractivity contribution in [1.82, 2.24) is 25.5 Å². The van der Waals surface area contributed by atoms with E-state index in [4.69, 9.17) is 4.98 Å². The number of piperazine rings is 1. The van der Waals surface area contributed by atoms with Crippen molar-refractivity contribution >= 4 is 28.4 Å². The van der Waals surface area contributed by atoms with E-state index in [1.165, 1.54) is 5.56 Å². The molecule has 2 aromatic carbocycles. The molecule has 0 spiro atoms. The molecule has 1 aliphatic heterocycles. The Morgan fingerprint density at radius 1 is 1.07 bits per heavy atom. The minimum Gasteiger partial charge on any atom is -0.340 e. The van der Waals surface area contributed by atoms with Gasteiger partial charge in [-0.15, -0.1) is 0 Å². The molecule has 1 aliphatic rings. The van der Waals surface area contributed by atoms with Crippen LogP contribution in [0.2, 0.25) is 0 Å². The molecule has 0 aliphatic carbocycles. The van der Waals surface area contributed by atoms with Crippen LogP contribution < -0.4 is 15.5 Å². The summed E-state index contributed by atoms with van der Waals surface area (Å²) in [6.45, 7) is 2.62. The molecule has 0 amide bonds. The summed E-state index contributed by atoms with van der Waals surface area (Å²) in [5.74, 6) is 1.53. The number of benzene rings is 2. The smallest absolute Gasteiger partial charge is 0.227 e. The standard InChI is InChI=1S/C21H21N7/c1-2-4-15(5-3-1)19-14-28(11-10-22-19)21-23-9-8-20(26-21)25-17-6-7-18-16(12-17)13-24-27-18/h1-9,12-13,19,22H,10-11,14H2,(H,24,27)(H,23,25,26). The first-order valence-electron chi connectivity index (χ1n) is 9.42. The van der Waals surface area contributed by atoms with Gasteiger partial charge >= 0.3 is 0 Å². The van der Waals surface area contributed by atoms with Gasteiger partial charge in [0.1, 0.15) is 5.82 Å². The van der Waals surface area contributed by atoms with Gasteiger partial charge in [0.15, 0.2) is 0 Å². The zero-order valence-electron chi connectivity index (χ0n) is 15.3. The third kappa shape index (κ3) is 3.39. The molecule has 0 radical (unpaired) electrons. The van der Waals surface area contributed by atoms with Crippen LogP contribution in [-0.4, -0.2) is 39.8 Å². The molecule has 3 heterocycles. The number of nitrogens with one attached hydrogen (secondary N) is 3. The average molecular weight is 371 g/mol. The molecule has 1 fully saturated rings. The summed E-state index contributed by atoms with van der Waals surface area (Å²) in [6.07, 6.45) is 3.62. The molecule has 5 rings (SSSR count). The van der Waals surface area contributed by atoms with Crippen LogP contribution in [0.4, 0.5) is 17.5 Å². The second kappa shape index (κ2) is 7.28. The monoisotopic (exact) mass is 371 g/mol. The third-order valence-electron chi connectivity index (χ3n) is 5.02. The summed E-state index contributed by atoms with van der Waals surface area (Å²) >= 11 is 0. The van der Waals surface area contributed by atoms with Crippen molar-refractivity contribution in [1.29, 1.82) is 0 Å². The van der Waals surface area contributed by atoms with Crippen molar-refractivity contribution in [2.75, 3.05) is 29.9 Å². The Labute approximate surface area is 162 Å². The second-order valence-electron chi connectivity index (χ2n) is 6.90. The first-order valence-corrected chi connectivity index (χ1v) is 9.42. The maximum atomic E-state index is 4.74. The van der Waals surface area contributed by atoms with E-state index in [0.29, 0.717) is 0 Å². The molecule has 1 unspecified atom stereocenters. The zero-order chi connectivity index (χ0) is 18.8. The normalized spacial score (nSPS) is 17.0. The number of anilines is 3. The van der Waals surface area contributed by atoms with Gasteiger partial charge in [-0.05, 0) is 29.8 Å². The van der Waals surface area contributed by atoms with Crippen LogP contribution in [0.1, 0.15) is 11.6 Å². The number of hydrogen-bond donors (Lipinski definition) is 3. The fourth-order valence-electron chi connectivity index (χ4n) is 3.58. The van der Waals surface area contributed by atoms with E-state index in [0.717, 1.165) is 48.0 Å². The number of nitrogens with zero attached hydrogens (tertiary/aromatic N) is 4. The lowest BCUT2D eigenvalue weighted by atomic mass is 10.1. The van der Waals surface area contributed by atoms with Crippen molar-refractivity contribution in [2.45, 2.75) is 6.04 Å². The first kappa shape index (κ1) is 16.7. The predicted octanol–water partition coefficient (Wildman–Crippen LogP) is 3.25. The van der Waals surface area contributed by atoms with Gasteiger partial charge in [0, 0.05) is 42.9 Å². The summed E-state index contributed by atoms with van der Waals surface area (Å²) in [5, 5.41) is 15.0. The number of aromatic amines is 1. The summed E-state index contributed by atoms with van der Waals surface area (Å²) < 4.78 is 0. The zero-order valence-corrected chi connectivity index (χ0v) is 15.3. The Hall–Kier alpha value is -3.45. The molecule has 3 N–H and O–H groups in total. The Morgan fingerprint density at radius 2 is 2.00 bits per heavy atom. The Bertz CT molecular complexity index is 1080. The Kier molecular flexibility index (Phi) is 4.34. The highest BCUT2D eigenvalue weighted by Crippen LogP contribution is 2.23. The van der Waals surface area contributed by atoms with E-state index in [9.17, 15) is 0 Å². The lowest BCUT2D eigenvalue weighted by Crippen LogP contribution is -2.46. The van der Waals surface area contributed by atoms with Crippen molar-refractivity contribution in [2.24, 2.45) is 0 Å². The molecule has 28 heavy (non-hydrogen) atoms. The van der Waals surface area contributed by atoms with E-state index in [1.807, 2.05) is 30.5 Å². The van der Waals surface area contributed by atoms with Gasteiger partial charge in [0.2, 0.25) is 5.95 Å². The van der Waals surface area contributed by atoms with Gasteiger partial charge in [-0.25, -0.2) is 4.98 Å². The molecule has 7 nitrogen and oxygen atoms in total. The summed E-state index contributed by atoms with van der Waals surface area (Å²) in [4.78, 5) is 11.5. The third-order valence-corrected chi connectivity index (χ3v) is 5.02. The fourth-order valence-corrected chi connectivity index (χ4v) is 3.58. The summed E-state index contributed by atoms with van der Waals surface area (Å²) in [5.41, 5.74) is 3.28. The maximum absolute atomic E-state index is 4.74. The average Bonchev–Trinajstić information content (AvgIpc) is 3.23. The van der Waals surface area contributed by atoms with Crippen molar-refractivity contribution < 1.29 is 0 Å². The van der Waals surface area contributed by atoms with E-state index < -0.39 is 0 Å². The van der Waals surface area contributed by atoms with Gasteiger partial charge in [0.05, 0.1) is 11.7 Å². The minimum absolute atomic E-state index is 0.277. The molecule has 1 atom stereocenters. The molecule has 1 saturated heterocycles. The molecule has 140 valence electrons. The van der Waals surface area contributed by atoms with E-state index in [1.54, 1.807) is 6.20 Å². The lowest BCUT2D eigenvalue weighted by Gasteiger charge is -2.34. The quantitative estimate of drug-likeness (QED) is 0.511. The number of rotatable bonds is 4. The highest BCUT2D eigenvalue weighted by atomic mass is 15.3. The van der Waals surface area contributed by atoms with Crippen LogP contribution >= 0.6 is 0 Å². The highest BCUT2D eigenvalue weighted by molar-refractivity contribution is 5.82. The van der Waals surface area contributed by atoms with Crippen LogP contribution in [0, 0.1) is 0 Å². The lowest BCUT2D eigenvalue weighted by molar-refractivity contribution is 0.467.